The molecule has 0 saturated heterocycles. The van der Waals surface area contributed by atoms with E-state index in [0.29, 0.717) is 6.42 Å². The molecule has 5 aliphatic heterocycles. The number of amides is 7. The molecule has 0 aliphatic carbocycles. The van der Waals surface area contributed by atoms with E-state index in [4.69, 9.17) is 15.2 Å². The Morgan fingerprint density at radius 3 is 1.78 bits per heavy atom. The summed E-state index contributed by atoms with van der Waals surface area (Å²) in [6.07, 6.45) is -4.49. The molecule has 16 N–H and O–H groups in total. The summed E-state index contributed by atoms with van der Waals surface area (Å²) in [6.45, 7) is 3.71. The number of likely N-dealkylation sites (N-methyl/N-ethyl adjacent to an activating group) is 1. The maximum atomic E-state index is 15.3. The Labute approximate surface area is 442 Å². The predicted molar refractivity (Wildman–Crippen MR) is 270 cm³/mol. The summed E-state index contributed by atoms with van der Waals surface area (Å²) < 4.78 is 12.2. The normalized spacial score (nSPS) is 22.7. The van der Waals surface area contributed by atoms with Gasteiger partial charge in [-0.25, -0.2) is 4.79 Å². The van der Waals surface area contributed by atoms with Gasteiger partial charge in [0, 0.05) is 22.8 Å². The minimum atomic E-state index is -2.14. The van der Waals surface area contributed by atoms with Crippen molar-refractivity contribution < 1.29 is 83.6 Å². The molecule has 408 valence electrons. The minimum Gasteiger partial charge on any atom is -0.508 e. The number of aliphatic carboxylic acids is 1. The smallest absolute Gasteiger partial charge is 0.330 e. The van der Waals surface area contributed by atoms with Crippen molar-refractivity contribution in [3.05, 3.63) is 119 Å². The van der Waals surface area contributed by atoms with Crippen molar-refractivity contribution in [2.24, 2.45) is 11.7 Å². The number of benzene rings is 5. The Morgan fingerprint density at radius 1 is 0.641 bits per heavy atom. The molecular weight excluding hydrogens is 1020 g/mol. The zero-order chi connectivity index (χ0) is 56.4. The highest BCUT2D eigenvalue weighted by molar-refractivity contribution is 6.00. The zero-order valence-electron chi connectivity index (χ0n) is 41.6. The van der Waals surface area contributed by atoms with Gasteiger partial charge in [-0.1, -0.05) is 44.2 Å². The Bertz CT molecular complexity index is 3230. The third-order valence-corrected chi connectivity index (χ3v) is 13.2. The largest absolute Gasteiger partial charge is 0.508 e. The van der Waals surface area contributed by atoms with Crippen molar-refractivity contribution in [3.8, 4) is 57.1 Å². The lowest BCUT2D eigenvalue weighted by Gasteiger charge is -2.31. The van der Waals surface area contributed by atoms with Crippen molar-refractivity contribution in [1.29, 1.82) is 0 Å². The summed E-state index contributed by atoms with van der Waals surface area (Å²) in [5, 5.41) is 96.5. The van der Waals surface area contributed by atoms with Crippen LogP contribution < -0.4 is 52.4 Å². The van der Waals surface area contributed by atoms with E-state index in [1.165, 1.54) is 55.6 Å². The van der Waals surface area contributed by atoms with Crippen LogP contribution in [0, 0.1) is 5.92 Å². The molecule has 10 rings (SSSR count). The molecule has 0 saturated carbocycles. The van der Waals surface area contributed by atoms with Crippen molar-refractivity contribution in [2.45, 2.75) is 81.2 Å². The number of carboxylic acid groups (broad SMARTS) is 1. The fraction of sp³-hybridized carbons (Fsp3) is 0.283. The molecule has 7 amide bonds. The number of hydrogen-bond donors (Lipinski definition) is 15. The number of carboxylic acids is 1. The summed E-state index contributed by atoms with van der Waals surface area (Å²) in [5.41, 5.74) is 3.76. The van der Waals surface area contributed by atoms with Gasteiger partial charge in [0.2, 0.25) is 47.1 Å². The first-order chi connectivity index (χ1) is 37.0. The van der Waals surface area contributed by atoms with Crippen molar-refractivity contribution in [2.75, 3.05) is 7.05 Å². The van der Waals surface area contributed by atoms with Crippen LogP contribution in [-0.2, 0) is 38.4 Å². The lowest BCUT2D eigenvalue weighted by atomic mass is 9.89. The quantitative estimate of drug-likeness (QED) is 0.103. The van der Waals surface area contributed by atoms with E-state index in [0.717, 1.165) is 42.5 Å². The maximum absolute atomic E-state index is 15.3. The molecule has 25 heteroatoms. The number of carbonyl (C=O) groups is 8. The monoisotopic (exact) mass is 1070 g/mol. The van der Waals surface area contributed by atoms with Gasteiger partial charge in [0.05, 0.1) is 12.5 Å². The lowest BCUT2D eigenvalue weighted by Crippen LogP contribution is -2.59. The molecule has 25 nitrogen and oxygen atoms in total. The molecule has 9 atom stereocenters. The molecule has 11 bridgehead atoms. The van der Waals surface area contributed by atoms with E-state index < -0.39 is 154 Å². The van der Waals surface area contributed by atoms with Crippen LogP contribution in [0.1, 0.15) is 84.8 Å². The van der Waals surface area contributed by atoms with Gasteiger partial charge in [-0.2, -0.15) is 0 Å². The number of ether oxygens (including phenoxy) is 2. The summed E-state index contributed by atoms with van der Waals surface area (Å²) in [6, 6.07) is 4.56. The fourth-order valence-electron chi connectivity index (χ4n) is 9.26. The van der Waals surface area contributed by atoms with Crippen molar-refractivity contribution in [3.63, 3.8) is 0 Å². The molecule has 5 aliphatic rings. The molecule has 0 radical (unpaired) electrons. The fourth-order valence-corrected chi connectivity index (χ4v) is 9.26. The number of fused-ring (bicyclic) bond motifs is 15. The molecule has 7 unspecified atom stereocenters. The second kappa shape index (κ2) is 22.4. The summed E-state index contributed by atoms with van der Waals surface area (Å²) >= 11 is 0. The number of phenols is 4. The van der Waals surface area contributed by atoms with E-state index in [-0.39, 0.29) is 45.2 Å². The summed E-state index contributed by atoms with van der Waals surface area (Å²) in [4.78, 5) is 113. The Balaban J connectivity index is 1.33. The predicted octanol–water partition coefficient (Wildman–Crippen LogP) is 1.09. The number of rotatable bonds is 8. The SMILES string of the molecule is CNC(CC(C)C)C(=O)NC1C(=O)NC(CC(N)=O)C(=O)NC2C(=O)NC3C(=O)NC(C(=O)NC(C(=O)O)c4cc(O)cc(O)c4-c4cc3ccc4O)[C@H](O)c3ccc(cc3)Oc3cc2cc(c3O)Oc2ccc(cc2)[C@H]1O. The maximum Gasteiger partial charge on any atom is 0.330 e. The minimum absolute atomic E-state index is 0.00872. The molecular formula is C53H54N8O17. The van der Waals surface area contributed by atoms with Gasteiger partial charge in [-0.3, -0.25) is 33.6 Å². The van der Waals surface area contributed by atoms with E-state index in [9.17, 15) is 69.3 Å². The molecule has 5 aromatic carbocycles. The molecule has 0 spiro atoms. The van der Waals surface area contributed by atoms with E-state index in [1.54, 1.807) is 0 Å². The number of aromatic hydroxyl groups is 4. The highest BCUT2D eigenvalue weighted by Gasteiger charge is 2.41. The average Bonchev–Trinajstić information content (AvgIpc) is 3.55. The van der Waals surface area contributed by atoms with Crippen LogP contribution in [0.5, 0.6) is 46.0 Å². The lowest BCUT2D eigenvalue weighted by molar-refractivity contribution is -0.143. The van der Waals surface area contributed by atoms with E-state index in [2.05, 4.69) is 37.2 Å². The van der Waals surface area contributed by atoms with Crippen LogP contribution in [0.3, 0.4) is 0 Å². The van der Waals surface area contributed by atoms with Crippen LogP contribution in [0.15, 0.2) is 91.0 Å². The third-order valence-electron chi connectivity index (χ3n) is 13.2. The van der Waals surface area contributed by atoms with Gasteiger partial charge in [0.25, 0.3) is 0 Å². The van der Waals surface area contributed by atoms with Gasteiger partial charge < -0.3 is 88.2 Å². The molecule has 78 heavy (non-hydrogen) atoms. The summed E-state index contributed by atoms with van der Waals surface area (Å²) in [5.74, 6) is -13.8. The van der Waals surface area contributed by atoms with E-state index >= 15 is 4.79 Å². The number of hydrogen-bond acceptors (Lipinski definition) is 17. The van der Waals surface area contributed by atoms with E-state index in [1.807, 2.05) is 13.8 Å². The Kier molecular flexibility index (Phi) is 15.7. The molecule has 5 heterocycles. The van der Waals surface area contributed by atoms with Crippen molar-refractivity contribution in [1.82, 2.24) is 37.2 Å². The number of primary amides is 1. The van der Waals surface area contributed by atoms with Gasteiger partial charge >= 0.3 is 5.97 Å². The first kappa shape index (κ1) is 54.8. The van der Waals surface area contributed by atoms with Crippen LogP contribution in [0.2, 0.25) is 0 Å². The number of phenolic OH excluding ortho intramolecular Hbond substituents is 4. The van der Waals surface area contributed by atoms with Crippen molar-refractivity contribution >= 4 is 47.3 Å². The number of nitrogens with one attached hydrogen (secondary N) is 7. The number of aliphatic hydroxyl groups is 2. The van der Waals surface area contributed by atoms with Crippen LogP contribution in [0.4, 0.5) is 0 Å². The third kappa shape index (κ3) is 11.5. The standard InChI is InChI=1S/C53H54N8O17/c1-21(2)14-31(55-3)47(69)60-42-44(66)22-4-9-27(10-5-22)77-35-16-25-17-36(46(35)68)78-28-11-6-23(7-12-28)45(67)43-52(74)59-41(53(75)76)30-18-26(62)19-34(64)38(30)29-15-24(8-13-33(29)63)39(49(71)61-43)58-50(72)40(25)57-48(70)32(20-37(54)65)56-51(42)73/h4-13,15-19,21,31-32,39-45,55,62-64,66-68H,14,20H2,1-3H3,(H2,54,65)(H,56,73)(H,57,70)(H,58,72)(H,59,74)(H,60,69)(H,61,71)(H,75,76)/t31?,32?,39?,40?,41?,42?,43?,44-,45-/m1/s1. The second-order valence-corrected chi connectivity index (χ2v) is 19.1. The highest BCUT2D eigenvalue weighted by atomic mass is 16.5. The number of nitrogens with two attached hydrogens (primary N) is 1. The Morgan fingerprint density at radius 2 is 1.21 bits per heavy atom. The Hall–Kier alpha value is -9.46. The summed E-state index contributed by atoms with van der Waals surface area (Å²) in [7, 11) is 1.52. The van der Waals surface area contributed by atoms with Gasteiger partial charge in [-0.05, 0) is 96.2 Å². The number of carbonyl (C=O) groups excluding carboxylic acids is 7. The molecule has 5 aromatic rings. The molecule has 0 fully saturated rings. The van der Waals surface area contributed by atoms with Crippen LogP contribution >= 0.6 is 0 Å². The average molecular weight is 1080 g/mol. The highest BCUT2D eigenvalue weighted by Crippen LogP contribution is 2.46. The number of aliphatic hydroxyl groups excluding tert-OH is 2. The van der Waals surface area contributed by atoms with Crippen LogP contribution in [0.25, 0.3) is 11.1 Å². The van der Waals surface area contributed by atoms with Gasteiger partial charge in [0.1, 0.15) is 71.2 Å². The van der Waals surface area contributed by atoms with Gasteiger partial charge in [-0.15, -0.1) is 0 Å². The first-order valence-corrected chi connectivity index (χ1v) is 24.2. The van der Waals surface area contributed by atoms with Gasteiger partial charge in [0.15, 0.2) is 17.5 Å². The topological polar surface area (TPSA) is 407 Å². The first-order valence-electron chi connectivity index (χ1n) is 24.2. The molecule has 0 aromatic heterocycles. The second-order valence-electron chi connectivity index (χ2n) is 19.1. The zero-order valence-corrected chi connectivity index (χ0v) is 41.6. The van der Waals surface area contributed by atoms with Crippen LogP contribution in [-0.4, -0.2) is 114 Å².